The molecule has 0 amide bonds. The van der Waals surface area contributed by atoms with Crippen LogP contribution < -0.4 is 20.7 Å². The molecule has 0 bridgehead atoms. The van der Waals surface area contributed by atoms with Crippen molar-refractivity contribution in [3.05, 3.63) is 128 Å². The number of benzene rings is 3. The molecule has 5 rings (SSSR count). The van der Waals surface area contributed by atoms with Gasteiger partial charge in [0.1, 0.15) is 23.2 Å². The van der Waals surface area contributed by atoms with Gasteiger partial charge in [-0.1, -0.05) is 54.6 Å². The number of aryl methyl sites for hydroxylation is 1. The molecular formula is C40H48N2O10. The maximum absolute atomic E-state index is 13.9. The number of hydrogen-bond acceptors (Lipinski definition) is 10. The monoisotopic (exact) mass is 716 g/mol. The molecule has 0 unspecified atom stereocenters. The first-order valence-electron chi connectivity index (χ1n) is 17.2. The van der Waals surface area contributed by atoms with Crippen molar-refractivity contribution in [2.75, 3.05) is 41.2 Å². The van der Waals surface area contributed by atoms with Gasteiger partial charge in [-0.3, -0.25) is 14.2 Å². The molecule has 1 aliphatic rings. The fourth-order valence-electron chi connectivity index (χ4n) is 6.19. The van der Waals surface area contributed by atoms with Crippen molar-refractivity contribution < 1.29 is 38.0 Å². The quantitative estimate of drug-likeness (QED) is 0.0920. The van der Waals surface area contributed by atoms with Crippen molar-refractivity contribution in [2.24, 2.45) is 5.41 Å². The third kappa shape index (κ3) is 8.31. The zero-order valence-corrected chi connectivity index (χ0v) is 30.8. The van der Waals surface area contributed by atoms with Gasteiger partial charge in [0.2, 0.25) is 0 Å². The van der Waals surface area contributed by atoms with E-state index in [1.807, 2.05) is 78.9 Å². The van der Waals surface area contributed by atoms with Gasteiger partial charge in [0.15, 0.2) is 13.0 Å². The van der Waals surface area contributed by atoms with Gasteiger partial charge in [-0.05, 0) is 68.7 Å². The normalized spacial score (nSPS) is 17.6. The highest BCUT2D eigenvalue weighted by atomic mass is 16.6. The maximum Gasteiger partial charge on any atom is 0.336 e. The Morgan fingerprint density at radius 2 is 1.40 bits per heavy atom. The van der Waals surface area contributed by atoms with Gasteiger partial charge < -0.3 is 33.2 Å². The summed E-state index contributed by atoms with van der Waals surface area (Å²) < 4.78 is 43.7. The molecule has 12 heteroatoms. The molecule has 52 heavy (non-hydrogen) atoms. The van der Waals surface area contributed by atoms with E-state index in [1.165, 1.54) is 10.8 Å². The molecule has 0 spiro atoms. The average Bonchev–Trinajstić information content (AvgIpc) is 3.56. The van der Waals surface area contributed by atoms with Crippen LogP contribution in [0.3, 0.4) is 0 Å². The molecular weight excluding hydrogens is 668 g/mol. The van der Waals surface area contributed by atoms with Crippen LogP contribution in [0, 0.1) is 12.3 Å². The summed E-state index contributed by atoms with van der Waals surface area (Å²) in [6.45, 7) is 6.81. The van der Waals surface area contributed by atoms with Crippen LogP contribution in [0.2, 0.25) is 0 Å². The predicted octanol–water partition coefficient (Wildman–Crippen LogP) is 5.21. The number of esters is 1. The highest BCUT2D eigenvalue weighted by Crippen LogP contribution is 2.43. The van der Waals surface area contributed by atoms with E-state index >= 15 is 0 Å². The van der Waals surface area contributed by atoms with Gasteiger partial charge in [0.05, 0.1) is 45.6 Å². The molecule has 0 aliphatic carbocycles. The Balaban J connectivity index is 1.52. The first-order chi connectivity index (χ1) is 24.9. The van der Waals surface area contributed by atoms with E-state index in [4.69, 9.17) is 33.2 Å². The Kier molecular flexibility index (Phi) is 12.4. The van der Waals surface area contributed by atoms with Crippen molar-refractivity contribution in [3.8, 4) is 11.5 Å². The Morgan fingerprint density at radius 3 is 1.94 bits per heavy atom. The van der Waals surface area contributed by atoms with Crippen molar-refractivity contribution in [1.29, 1.82) is 0 Å². The lowest BCUT2D eigenvalue weighted by Crippen LogP contribution is -2.45. The van der Waals surface area contributed by atoms with Gasteiger partial charge in [-0.25, -0.2) is 9.36 Å². The average molecular weight is 717 g/mol. The van der Waals surface area contributed by atoms with Crippen molar-refractivity contribution in [2.45, 2.75) is 64.9 Å². The van der Waals surface area contributed by atoms with E-state index in [9.17, 15) is 14.4 Å². The number of nitrogens with zero attached hydrogens (tertiary/aromatic N) is 2. The molecule has 0 radical (unpaired) electrons. The van der Waals surface area contributed by atoms with Gasteiger partial charge in [-0.15, -0.1) is 0 Å². The van der Waals surface area contributed by atoms with Gasteiger partial charge in [0.25, 0.3) is 5.56 Å². The predicted molar refractivity (Wildman–Crippen MR) is 194 cm³/mol. The van der Waals surface area contributed by atoms with Crippen LogP contribution in [0.15, 0.2) is 94.6 Å². The summed E-state index contributed by atoms with van der Waals surface area (Å²) in [5, 5.41) is 0. The van der Waals surface area contributed by atoms with Crippen LogP contribution in [0.4, 0.5) is 0 Å². The van der Waals surface area contributed by atoms with Crippen LogP contribution in [0.1, 0.15) is 55.7 Å². The Bertz CT molecular complexity index is 1850. The van der Waals surface area contributed by atoms with E-state index in [-0.39, 0.29) is 18.8 Å². The van der Waals surface area contributed by atoms with E-state index in [1.54, 1.807) is 49.0 Å². The molecule has 3 aromatic carbocycles. The van der Waals surface area contributed by atoms with Gasteiger partial charge >= 0.3 is 11.7 Å². The molecule has 1 aliphatic heterocycles. The second kappa shape index (κ2) is 16.7. The van der Waals surface area contributed by atoms with Crippen LogP contribution in [0.25, 0.3) is 0 Å². The molecule has 1 aromatic heterocycles. The number of hydrogen-bond donors (Lipinski definition) is 0. The molecule has 0 N–H and O–H groups in total. The second-order valence-corrected chi connectivity index (χ2v) is 13.6. The number of carbonyl (C=O) groups is 1. The zero-order valence-electron chi connectivity index (χ0n) is 30.8. The molecule has 3 atom stereocenters. The largest absolute Gasteiger partial charge is 0.497 e. The Morgan fingerprint density at radius 1 is 0.827 bits per heavy atom. The highest BCUT2D eigenvalue weighted by Gasteiger charge is 2.43. The summed E-state index contributed by atoms with van der Waals surface area (Å²) in [7, 11) is 4.82. The van der Waals surface area contributed by atoms with E-state index in [2.05, 4.69) is 0 Å². The standard InChI is InChI=1S/C40H48N2O10/c1-27-24-41(38(45)42(35(27)43)26-50-37(44)39(2,3)4)36-34(49-22-21-46-5)23-33(52-36)25-51-40(28-11-9-8-10-12-28,29-13-17-31(47-6)18-14-29)30-15-19-32(48-7)20-16-30/h8-20,24,33-34,36H,21-23,25-26H2,1-7H3/t33-,34+,36+/m0/s1. The summed E-state index contributed by atoms with van der Waals surface area (Å²) in [5.41, 5.74) is -0.300. The summed E-state index contributed by atoms with van der Waals surface area (Å²) in [5.74, 6) is 0.861. The number of aromatic nitrogens is 2. The lowest BCUT2D eigenvalue weighted by atomic mass is 9.80. The van der Waals surface area contributed by atoms with Gasteiger partial charge in [-0.2, -0.15) is 0 Å². The molecule has 12 nitrogen and oxygen atoms in total. The highest BCUT2D eigenvalue weighted by molar-refractivity contribution is 5.75. The fourth-order valence-corrected chi connectivity index (χ4v) is 6.19. The number of rotatable bonds is 15. The Hall–Kier alpha value is -4.75. The smallest absolute Gasteiger partial charge is 0.336 e. The molecule has 2 heterocycles. The molecule has 1 saturated heterocycles. The lowest BCUT2D eigenvalue weighted by Gasteiger charge is -2.37. The summed E-state index contributed by atoms with van der Waals surface area (Å²) in [6.07, 6.45) is -0.236. The minimum absolute atomic E-state index is 0.101. The maximum atomic E-state index is 13.9. The van der Waals surface area contributed by atoms with Crippen molar-refractivity contribution in [3.63, 3.8) is 0 Å². The number of methoxy groups -OCH3 is 3. The Labute approximate surface area is 303 Å². The SMILES string of the molecule is COCCO[C@@H]1C[C@@H](COC(c2ccccc2)(c2ccc(OC)cc2)c2ccc(OC)cc2)O[C@H]1n1cc(C)c(=O)n(COC(=O)C(C)(C)C)c1=O. The van der Waals surface area contributed by atoms with Crippen molar-refractivity contribution in [1.82, 2.24) is 9.13 Å². The molecule has 0 saturated carbocycles. The first-order valence-corrected chi connectivity index (χ1v) is 17.2. The van der Waals surface area contributed by atoms with E-state index in [0.717, 1.165) is 21.3 Å². The minimum atomic E-state index is -1.09. The van der Waals surface area contributed by atoms with E-state index in [0.29, 0.717) is 24.5 Å². The topological polar surface area (TPSA) is 126 Å². The molecule has 278 valence electrons. The third-order valence-electron chi connectivity index (χ3n) is 9.00. The van der Waals surface area contributed by atoms with E-state index < -0.39 is 53.4 Å². The fraction of sp³-hybridized carbons (Fsp3) is 0.425. The minimum Gasteiger partial charge on any atom is -0.497 e. The van der Waals surface area contributed by atoms with Crippen LogP contribution in [-0.4, -0.2) is 68.5 Å². The van der Waals surface area contributed by atoms with Crippen LogP contribution in [-0.2, 0) is 40.8 Å². The summed E-state index contributed by atoms with van der Waals surface area (Å²) >= 11 is 0. The number of ether oxygens (including phenoxy) is 7. The van der Waals surface area contributed by atoms with Crippen LogP contribution in [0.5, 0.6) is 11.5 Å². The summed E-state index contributed by atoms with van der Waals surface area (Å²) in [6, 6.07) is 25.4. The molecule has 4 aromatic rings. The lowest BCUT2D eigenvalue weighted by molar-refractivity contribution is -0.157. The molecule has 1 fully saturated rings. The van der Waals surface area contributed by atoms with Crippen LogP contribution >= 0.6 is 0 Å². The number of carbonyl (C=O) groups excluding carboxylic acids is 1. The summed E-state index contributed by atoms with van der Waals surface area (Å²) in [4.78, 5) is 39.5. The third-order valence-corrected chi connectivity index (χ3v) is 9.00. The van der Waals surface area contributed by atoms with Gasteiger partial charge in [0, 0.05) is 25.3 Å². The zero-order chi connectivity index (χ0) is 37.5. The van der Waals surface area contributed by atoms with Crippen molar-refractivity contribution >= 4 is 5.97 Å². The first kappa shape index (κ1) is 38.5. The second-order valence-electron chi connectivity index (χ2n) is 13.6.